The van der Waals surface area contributed by atoms with Gasteiger partial charge < -0.3 is 4.98 Å². The Labute approximate surface area is 178 Å². The third-order valence-corrected chi connectivity index (χ3v) is 4.99. The molecule has 1 heterocycles. The van der Waals surface area contributed by atoms with Crippen molar-refractivity contribution < 1.29 is 27.0 Å². The lowest BCUT2D eigenvalue weighted by Gasteiger charge is -2.21. The summed E-state index contributed by atoms with van der Waals surface area (Å²) in [4.78, 5) is 52.1. The van der Waals surface area contributed by atoms with Gasteiger partial charge in [-0.1, -0.05) is 18.2 Å². The van der Waals surface area contributed by atoms with Crippen molar-refractivity contribution in [2.45, 2.75) is 0 Å². The molecule has 0 bridgehead atoms. The number of nitrogens with zero attached hydrogens (tertiary/aromatic N) is 2. The molecule has 0 spiro atoms. The van der Waals surface area contributed by atoms with Crippen LogP contribution in [0.5, 0.6) is 0 Å². The summed E-state index contributed by atoms with van der Waals surface area (Å²) in [5.74, 6) is 2.34. The van der Waals surface area contributed by atoms with Gasteiger partial charge in [-0.2, -0.15) is 8.42 Å². The van der Waals surface area contributed by atoms with Gasteiger partial charge >= 0.3 is 16.0 Å². The molecule has 0 atom stereocenters. The van der Waals surface area contributed by atoms with Gasteiger partial charge in [0.2, 0.25) is 0 Å². The summed E-state index contributed by atoms with van der Waals surface area (Å²) in [5, 5.41) is 0.127. The summed E-state index contributed by atoms with van der Waals surface area (Å²) in [7, 11) is -5.12. The molecular formula is C18H14FN5O7S. The standard InChI is InChI=1S/C18H14FN5O7S/c19-13-7-2-1-6-12(13)17(27)23(20)16(26)10-4-3-5-11(8-10)24(32(29,30)31)14-9-21-18(28)22-15(14)25/h1-9H,20H2,(H,29,30,31)(H2,21,22,25,28). The maximum Gasteiger partial charge on any atom is 0.364 e. The first-order chi connectivity index (χ1) is 15.0. The average molecular weight is 463 g/mol. The van der Waals surface area contributed by atoms with Crippen LogP contribution >= 0.6 is 0 Å². The van der Waals surface area contributed by atoms with E-state index in [1.807, 2.05) is 0 Å². The van der Waals surface area contributed by atoms with E-state index < -0.39 is 56.1 Å². The molecule has 32 heavy (non-hydrogen) atoms. The van der Waals surface area contributed by atoms with Crippen molar-refractivity contribution in [3.05, 3.63) is 92.5 Å². The van der Waals surface area contributed by atoms with E-state index >= 15 is 0 Å². The first-order valence-corrected chi connectivity index (χ1v) is 9.98. The summed E-state index contributed by atoms with van der Waals surface area (Å²) in [6.07, 6.45) is 0.736. The summed E-state index contributed by atoms with van der Waals surface area (Å²) < 4.78 is 47.5. The minimum atomic E-state index is -5.12. The highest BCUT2D eigenvalue weighted by Crippen LogP contribution is 2.26. The number of hydrazine groups is 1. The van der Waals surface area contributed by atoms with Gasteiger partial charge in [-0.3, -0.25) is 23.9 Å². The van der Waals surface area contributed by atoms with Crippen molar-refractivity contribution in [2.75, 3.05) is 4.31 Å². The molecule has 3 aromatic rings. The topological polar surface area (TPSA) is 187 Å². The molecule has 14 heteroatoms. The van der Waals surface area contributed by atoms with Crippen LogP contribution in [0.4, 0.5) is 15.8 Å². The number of H-pyrrole nitrogens is 2. The number of imide groups is 1. The van der Waals surface area contributed by atoms with Gasteiger partial charge in [-0.05, 0) is 30.3 Å². The fourth-order valence-corrected chi connectivity index (χ4v) is 3.48. The Morgan fingerprint density at radius 3 is 2.34 bits per heavy atom. The lowest BCUT2D eigenvalue weighted by Crippen LogP contribution is -2.43. The molecule has 0 aliphatic carbocycles. The second kappa shape index (κ2) is 8.54. The van der Waals surface area contributed by atoms with Gasteiger partial charge in [0.05, 0.1) is 11.3 Å². The first kappa shape index (κ1) is 22.5. The minimum Gasteiger partial charge on any atom is -0.312 e. The molecule has 3 rings (SSSR count). The molecule has 0 saturated heterocycles. The van der Waals surface area contributed by atoms with E-state index in [1.165, 1.54) is 24.3 Å². The van der Waals surface area contributed by atoms with Crippen molar-refractivity contribution in [1.29, 1.82) is 0 Å². The summed E-state index contributed by atoms with van der Waals surface area (Å²) >= 11 is 0. The number of nitrogens with two attached hydrogens (primary N) is 1. The Balaban J connectivity index is 2.03. The number of carbonyl (C=O) groups is 2. The van der Waals surface area contributed by atoms with Crippen LogP contribution in [0.2, 0.25) is 0 Å². The second-order valence-electron chi connectivity index (χ2n) is 6.21. The maximum absolute atomic E-state index is 13.8. The van der Waals surface area contributed by atoms with Crippen molar-refractivity contribution in [3.63, 3.8) is 0 Å². The molecule has 0 radical (unpaired) electrons. The zero-order chi connectivity index (χ0) is 23.6. The van der Waals surface area contributed by atoms with Crippen LogP contribution in [-0.2, 0) is 10.3 Å². The number of aromatic amines is 2. The molecule has 1 aromatic heterocycles. The average Bonchev–Trinajstić information content (AvgIpc) is 2.73. The van der Waals surface area contributed by atoms with Gasteiger partial charge in [-0.15, -0.1) is 0 Å². The number of hydrogen-bond acceptors (Lipinski definition) is 7. The summed E-state index contributed by atoms with van der Waals surface area (Å²) in [5.41, 5.74) is -3.98. The number of anilines is 2. The molecule has 0 aliphatic rings. The molecule has 12 nitrogen and oxygen atoms in total. The van der Waals surface area contributed by atoms with Crippen molar-refractivity contribution in [3.8, 4) is 0 Å². The van der Waals surface area contributed by atoms with E-state index in [0.717, 1.165) is 30.5 Å². The molecule has 0 saturated carbocycles. The Morgan fingerprint density at radius 2 is 1.72 bits per heavy atom. The predicted octanol–water partition coefficient (Wildman–Crippen LogP) is 0.300. The van der Waals surface area contributed by atoms with Crippen LogP contribution in [0, 0.1) is 5.82 Å². The molecule has 0 fully saturated rings. The number of amides is 2. The van der Waals surface area contributed by atoms with Crippen LogP contribution in [0.3, 0.4) is 0 Å². The van der Waals surface area contributed by atoms with Gasteiger partial charge in [0.1, 0.15) is 11.5 Å². The first-order valence-electron chi connectivity index (χ1n) is 8.58. The number of carbonyl (C=O) groups excluding carboxylic acids is 2. The molecule has 0 aliphatic heterocycles. The molecule has 0 unspecified atom stereocenters. The number of nitrogens with one attached hydrogen (secondary N) is 2. The van der Waals surface area contributed by atoms with Crippen molar-refractivity contribution >= 4 is 33.5 Å². The number of halogens is 1. The van der Waals surface area contributed by atoms with Crippen LogP contribution in [0.15, 0.2) is 64.3 Å². The number of hydrogen-bond donors (Lipinski definition) is 4. The SMILES string of the molecule is NN(C(=O)c1cccc(N(c2c[nH]c(=O)[nH]c2=O)S(=O)(=O)O)c1)C(=O)c1ccccc1F. The van der Waals surface area contributed by atoms with Gasteiger partial charge in [0.25, 0.3) is 17.4 Å². The highest BCUT2D eigenvalue weighted by Gasteiger charge is 2.28. The Bertz CT molecular complexity index is 1430. The van der Waals surface area contributed by atoms with E-state index in [4.69, 9.17) is 5.84 Å². The second-order valence-corrected chi connectivity index (χ2v) is 7.47. The van der Waals surface area contributed by atoms with E-state index in [1.54, 1.807) is 4.98 Å². The maximum atomic E-state index is 13.8. The zero-order valence-corrected chi connectivity index (χ0v) is 16.7. The third-order valence-electron chi connectivity index (χ3n) is 4.12. The Hall–Kier alpha value is -4.14. The predicted molar refractivity (Wildman–Crippen MR) is 109 cm³/mol. The normalized spacial score (nSPS) is 11.1. The largest absolute Gasteiger partial charge is 0.364 e. The monoisotopic (exact) mass is 463 g/mol. The molecule has 166 valence electrons. The number of benzene rings is 2. The number of aromatic nitrogens is 2. The fraction of sp³-hybridized carbons (Fsp3) is 0. The molecular weight excluding hydrogens is 449 g/mol. The van der Waals surface area contributed by atoms with E-state index in [0.29, 0.717) is 0 Å². The summed E-state index contributed by atoms with van der Waals surface area (Å²) in [6, 6.07) is 9.19. The van der Waals surface area contributed by atoms with Crippen LogP contribution in [-0.4, -0.2) is 39.8 Å². The van der Waals surface area contributed by atoms with Gasteiger partial charge in [0.15, 0.2) is 0 Å². The quantitative estimate of drug-likeness (QED) is 0.137. The molecule has 2 aromatic carbocycles. The highest BCUT2D eigenvalue weighted by atomic mass is 32.2. The van der Waals surface area contributed by atoms with E-state index in [9.17, 15) is 36.5 Å². The zero-order valence-electron chi connectivity index (χ0n) is 15.9. The van der Waals surface area contributed by atoms with Crippen LogP contribution in [0.1, 0.15) is 20.7 Å². The fourth-order valence-electron chi connectivity index (χ4n) is 2.71. The lowest BCUT2D eigenvalue weighted by molar-refractivity contribution is 0.0613. The van der Waals surface area contributed by atoms with Crippen LogP contribution in [0.25, 0.3) is 0 Å². The lowest BCUT2D eigenvalue weighted by atomic mass is 10.1. The molecule has 2 amide bonds. The Morgan fingerprint density at radius 1 is 1.03 bits per heavy atom. The van der Waals surface area contributed by atoms with Gasteiger partial charge in [0, 0.05) is 11.8 Å². The Kier molecular flexibility index (Phi) is 6.02. The van der Waals surface area contributed by atoms with Crippen molar-refractivity contribution in [2.24, 2.45) is 5.84 Å². The van der Waals surface area contributed by atoms with Crippen LogP contribution < -0.4 is 21.4 Å². The smallest absolute Gasteiger partial charge is 0.312 e. The van der Waals surface area contributed by atoms with Crippen molar-refractivity contribution in [1.82, 2.24) is 15.0 Å². The minimum absolute atomic E-state index is 0.127. The van der Waals surface area contributed by atoms with E-state index in [-0.39, 0.29) is 14.9 Å². The highest BCUT2D eigenvalue weighted by molar-refractivity contribution is 7.87. The molecule has 5 N–H and O–H groups in total. The summed E-state index contributed by atoms with van der Waals surface area (Å²) in [6.45, 7) is 0. The number of rotatable bonds is 5. The third kappa shape index (κ3) is 4.46. The van der Waals surface area contributed by atoms with Gasteiger partial charge in [-0.25, -0.2) is 24.3 Å². The van der Waals surface area contributed by atoms with E-state index in [2.05, 4.69) is 4.98 Å².